The molecular formula is C17H22N2O2. The predicted molar refractivity (Wildman–Crippen MR) is 80.3 cm³/mol. The normalized spacial score (nSPS) is 30.8. The third-order valence-corrected chi connectivity index (χ3v) is 5.38. The van der Waals surface area contributed by atoms with Crippen LogP contribution in [0.3, 0.4) is 0 Å². The molecule has 0 bridgehead atoms. The van der Waals surface area contributed by atoms with E-state index in [4.69, 9.17) is 4.74 Å². The van der Waals surface area contributed by atoms with E-state index < -0.39 is 0 Å². The molecule has 4 heteroatoms. The lowest BCUT2D eigenvalue weighted by Gasteiger charge is -2.31. The summed E-state index contributed by atoms with van der Waals surface area (Å²) in [4.78, 5) is 12.8. The molecule has 1 aliphatic carbocycles. The second kappa shape index (κ2) is 5.11. The van der Waals surface area contributed by atoms with Crippen molar-refractivity contribution in [3.8, 4) is 0 Å². The molecule has 1 aromatic rings. The maximum Gasteiger partial charge on any atom is 0.252 e. The first-order valence-electron chi connectivity index (χ1n) is 8.03. The molecule has 0 spiro atoms. The van der Waals surface area contributed by atoms with Crippen molar-refractivity contribution in [2.24, 2.45) is 0 Å². The molecule has 4 rings (SSSR count). The first-order valence-corrected chi connectivity index (χ1v) is 8.03. The van der Waals surface area contributed by atoms with E-state index in [1.165, 1.54) is 24.0 Å². The quantitative estimate of drug-likeness (QED) is 0.871. The lowest BCUT2D eigenvalue weighted by Crippen LogP contribution is -2.53. The topological polar surface area (TPSA) is 50.4 Å². The molecule has 1 amide bonds. The van der Waals surface area contributed by atoms with Crippen molar-refractivity contribution in [1.29, 1.82) is 0 Å². The van der Waals surface area contributed by atoms with Gasteiger partial charge in [0, 0.05) is 11.6 Å². The van der Waals surface area contributed by atoms with Crippen molar-refractivity contribution >= 4 is 5.91 Å². The Morgan fingerprint density at radius 3 is 3.29 bits per heavy atom. The van der Waals surface area contributed by atoms with Crippen LogP contribution in [0.4, 0.5) is 0 Å². The van der Waals surface area contributed by atoms with Crippen molar-refractivity contribution in [2.75, 3.05) is 13.2 Å². The van der Waals surface area contributed by atoms with Crippen molar-refractivity contribution in [1.82, 2.24) is 10.6 Å². The molecule has 2 atom stereocenters. The number of carbonyl (C=O) groups excluding carboxylic acids is 1. The smallest absolute Gasteiger partial charge is 0.252 e. The Morgan fingerprint density at radius 2 is 2.33 bits per heavy atom. The maximum absolute atomic E-state index is 12.8. The standard InChI is InChI=1S/C17H22N2O2/c20-16(19-17-7-2-5-15(17)18-9-8-17)14-4-1-3-12-11-21-10-6-13(12)14/h1,3-4,15,18H,2,5-11H2,(H,19,20). The molecule has 112 valence electrons. The molecule has 21 heavy (non-hydrogen) atoms. The Balaban J connectivity index is 1.61. The van der Waals surface area contributed by atoms with E-state index in [9.17, 15) is 4.79 Å². The number of fused-ring (bicyclic) bond motifs is 2. The zero-order valence-electron chi connectivity index (χ0n) is 12.3. The van der Waals surface area contributed by atoms with Crippen LogP contribution < -0.4 is 10.6 Å². The van der Waals surface area contributed by atoms with Crippen LogP contribution in [0.1, 0.15) is 47.2 Å². The van der Waals surface area contributed by atoms with Crippen molar-refractivity contribution < 1.29 is 9.53 Å². The molecular weight excluding hydrogens is 264 g/mol. The van der Waals surface area contributed by atoms with Crippen molar-refractivity contribution in [2.45, 2.75) is 50.3 Å². The zero-order chi connectivity index (χ0) is 14.3. The van der Waals surface area contributed by atoms with Crippen LogP contribution >= 0.6 is 0 Å². The van der Waals surface area contributed by atoms with Gasteiger partial charge in [-0.15, -0.1) is 0 Å². The van der Waals surface area contributed by atoms with Gasteiger partial charge in [-0.25, -0.2) is 0 Å². The third kappa shape index (κ3) is 2.17. The number of nitrogens with one attached hydrogen (secondary N) is 2. The Hall–Kier alpha value is -1.39. The molecule has 2 aliphatic heterocycles. The summed E-state index contributed by atoms with van der Waals surface area (Å²) in [5.41, 5.74) is 3.19. The highest BCUT2D eigenvalue weighted by molar-refractivity contribution is 5.96. The Bertz CT molecular complexity index is 560. The number of benzene rings is 1. The van der Waals surface area contributed by atoms with E-state index in [0.29, 0.717) is 19.3 Å². The number of carbonyl (C=O) groups is 1. The minimum absolute atomic E-state index is 0.00895. The molecule has 1 saturated heterocycles. The van der Waals surface area contributed by atoms with Crippen LogP contribution in [0.15, 0.2) is 18.2 Å². The molecule has 0 radical (unpaired) electrons. The van der Waals surface area contributed by atoms with E-state index in [2.05, 4.69) is 16.7 Å². The van der Waals surface area contributed by atoms with Gasteiger partial charge in [0.05, 0.1) is 18.8 Å². The van der Waals surface area contributed by atoms with Crippen LogP contribution in [0.25, 0.3) is 0 Å². The fraction of sp³-hybridized carbons (Fsp3) is 0.588. The van der Waals surface area contributed by atoms with Gasteiger partial charge in [-0.05, 0) is 55.8 Å². The summed E-state index contributed by atoms with van der Waals surface area (Å²) in [7, 11) is 0. The number of ether oxygens (including phenoxy) is 1. The molecule has 2 N–H and O–H groups in total. The average molecular weight is 286 g/mol. The van der Waals surface area contributed by atoms with E-state index in [1.54, 1.807) is 0 Å². The van der Waals surface area contributed by atoms with E-state index in [1.807, 2.05) is 12.1 Å². The van der Waals surface area contributed by atoms with Gasteiger partial charge in [-0.1, -0.05) is 12.1 Å². The second-order valence-electron chi connectivity index (χ2n) is 6.51. The molecule has 1 aromatic carbocycles. The van der Waals surface area contributed by atoms with E-state index in [-0.39, 0.29) is 11.4 Å². The molecule has 0 aromatic heterocycles. The zero-order valence-corrected chi connectivity index (χ0v) is 12.3. The van der Waals surface area contributed by atoms with Gasteiger partial charge in [0.2, 0.25) is 0 Å². The Labute approximate surface area is 125 Å². The minimum atomic E-state index is -0.00895. The number of rotatable bonds is 2. The third-order valence-electron chi connectivity index (χ3n) is 5.38. The van der Waals surface area contributed by atoms with E-state index >= 15 is 0 Å². The summed E-state index contributed by atoms with van der Waals surface area (Å²) in [6.45, 7) is 2.37. The fourth-order valence-electron chi connectivity index (χ4n) is 4.28. The highest BCUT2D eigenvalue weighted by atomic mass is 16.5. The largest absolute Gasteiger partial charge is 0.376 e. The summed E-state index contributed by atoms with van der Waals surface area (Å²) in [5.74, 6) is 0.101. The van der Waals surface area contributed by atoms with Gasteiger partial charge in [-0.3, -0.25) is 4.79 Å². The number of hydrogen-bond acceptors (Lipinski definition) is 3. The van der Waals surface area contributed by atoms with Crippen molar-refractivity contribution in [3.05, 3.63) is 34.9 Å². The predicted octanol–water partition coefficient (Wildman–Crippen LogP) is 1.77. The minimum Gasteiger partial charge on any atom is -0.376 e. The highest BCUT2D eigenvalue weighted by Crippen LogP contribution is 2.37. The average Bonchev–Trinajstić information content (AvgIpc) is 3.06. The molecule has 2 unspecified atom stereocenters. The van der Waals surface area contributed by atoms with Crippen LogP contribution in [-0.4, -0.2) is 30.6 Å². The fourth-order valence-corrected chi connectivity index (χ4v) is 4.28. The summed E-state index contributed by atoms with van der Waals surface area (Å²) >= 11 is 0. The van der Waals surface area contributed by atoms with Gasteiger partial charge in [0.15, 0.2) is 0 Å². The summed E-state index contributed by atoms with van der Waals surface area (Å²) in [6, 6.07) is 6.46. The molecule has 2 fully saturated rings. The first-order chi connectivity index (χ1) is 10.3. The Kier molecular flexibility index (Phi) is 3.23. The molecule has 1 saturated carbocycles. The first kappa shape index (κ1) is 13.3. The summed E-state index contributed by atoms with van der Waals surface area (Å²) in [6.07, 6.45) is 5.39. The van der Waals surface area contributed by atoms with Crippen LogP contribution in [0.5, 0.6) is 0 Å². The SMILES string of the molecule is O=C(NC12CCCC1NCC2)c1cccc2c1CCOC2. The highest BCUT2D eigenvalue weighted by Gasteiger charge is 2.47. The summed E-state index contributed by atoms with van der Waals surface area (Å²) in [5, 5.41) is 6.92. The van der Waals surface area contributed by atoms with Gasteiger partial charge >= 0.3 is 0 Å². The van der Waals surface area contributed by atoms with Crippen molar-refractivity contribution in [3.63, 3.8) is 0 Å². The van der Waals surface area contributed by atoms with Crippen LogP contribution in [0.2, 0.25) is 0 Å². The van der Waals surface area contributed by atoms with Gasteiger partial charge in [0.25, 0.3) is 5.91 Å². The van der Waals surface area contributed by atoms with Crippen LogP contribution in [0, 0.1) is 0 Å². The number of hydrogen-bond donors (Lipinski definition) is 2. The van der Waals surface area contributed by atoms with Crippen LogP contribution in [-0.2, 0) is 17.8 Å². The molecule has 3 aliphatic rings. The lowest BCUT2D eigenvalue weighted by atomic mass is 9.91. The molecule has 2 heterocycles. The maximum atomic E-state index is 12.8. The Morgan fingerprint density at radius 1 is 1.38 bits per heavy atom. The monoisotopic (exact) mass is 286 g/mol. The lowest BCUT2D eigenvalue weighted by molar-refractivity contribution is 0.0888. The van der Waals surface area contributed by atoms with Gasteiger partial charge in [0.1, 0.15) is 0 Å². The van der Waals surface area contributed by atoms with Gasteiger partial charge < -0.3 is 15.4 Å². The summed E-state index contributed by atoms with van der Waals surface area (Å²) < 4.78 is 5.49. The molecule has 4 nitrogen and oxygen atoms in total. The van der Waals surface area contributed by atoms with E-state index in [0.717, 1.165) is 31.4 Å². The second-order valence-corrected chi connectivity index (χ2v) is 6.51. The van der Waals surface area contributed by atoms with Gasteiger partial charge in [-0.2, -0.15) is 0 Å². The number of amides is 1.